The molecule has 0 unspecified atom stereocenters. The van der Waals surface area contributed by atoms with Crippen molar-refractivity contribution in [3.63, 3.8) is 0 Å². The number of hydrogen-bond donors (Lipinski definition) is 2. The number of fused-ring (bicyclic) bond motifs is 1. The molecule has 0 saturated carbocycles. The number of benzene rings is 2. The molecule has 2 aromatic heterocycles. The summed E-state index contributed by atoms with van der Waals surface area (Å²) in [4.78, 5) is 36.6. The Hall–Kier alpha value is -3.65. The van der Waals surface area contributed by atoms with E-state index in [1.807, 2.05) is 0 Å². The lowest BCUT2D eigenvalue weighted by atomic mass is 10.1. The van der Waals surface area contributed by atoms with Crippen LogP contribution < -0.4 is 15.6 Å². The minimum absolute atomic E-state index is 0.0382. The standard InChI is InChI=1S/C21H16N2O5S/c1-23-20(26)18(29-21(23)27)10-12-6-8-13(9-7-12)22-19(25)17-11-15(24)14-4-2-3-5-16(14)28-17/h2-9,11,26H,10H2,1H3,(H,22,25). The molecule has 0 bridgehead atoms. The van der Waals surface area contributed by atoms with Gasteiger partial charge in [0.1, 0.15) is 5.58 Å². The molecule has 0 radical (unpaired) electrons. The minimum Gasteiger partial charge on any atom is -0.494 e. The maximum atomic E-state index is 12.5. The smallest absolute Gasteiger partial charge is 0.309 e. The van der Waals surface area contributed by atoms with E-state index in [0.717, 1.165) is 16.9 Å². The van der Waals surface area contributed by atoms with Gasteiger partial charge in [0.2, 0.25) is 5.88 Å². The lowest BCUT2D eigenvalue weighted by Gasteiger charge is -2.07. The van der Waals surface area contributed by atoms with Crippen molar-refractivity contribution >= 4 is 33.9 Å². The topological polar surface area (TPSA) is 102 Å². The molecule has 0 aliphatic carbocycles. The summed E-state index contributed by atoms with van der Waals surface area (Å²) in [5, 5.41) is 13.1. The molecule has 0 aliphatic rings. The number of aromatic hydroxyl groups is 1. The number of hydrogen-bond acceptors (Lipinski definition) is 6. The molecule has 2 aromatic carbocycles. The second-order valence-corrected chi connectivity index (χ2v) is 7.52. The molecule has 4 rings (SSSR count). The summed E-state index contributed by atoms with van der Waals surface area (Å²) in [6.45, 7) is 0. The third-order valence-corrected chi connectivity index (χ3v) is 5.51. The van der Waals surface area contributed by atoms with Gasteiger partial charge in [-0.05, 0) is 29.8 Å². The van der Waals surface area contributed by atoms with Crippen LogP contribution in [0.15, 0.2) is 68.6 Å². The molecule has 0 spiro atoms. The lowest BCUT2D eigenvalue weighted by molar-refractivity contribution is 0.0997. The number of anilines is 1. The predicted molar refractivity (Wildman–Crippen MR) is 111 cm³/mol. The van der Waals surface area contributed by atoms with Gasteiger partial charge in [0.15, 0.2) is 11.2 Å². The number of nitrogens with zero attached hydrogens (tertiary/aromatic N) is 1. The first kappa shape index (κ1) is 18.7. The zero-order chi connectivity index (χ0) is 20.5. The van der Waals surface area contributed by atoms with Gasteiger partial charge in [-0.1, -0.05) is 35.6 Å². The predicted octanol–water partition coefficient (Wildman–Crippen LogP) is 3.10. The normalized spacial score (nSPS) is 10.9. The third-order valence-electron chi connectivity index (χ3n) is 4.49. The summed E-state index contributed by atoms with van der Waals surface area (Å²) in [6, 6.07) is 14.9. The van der Waals surface area contributed by atoms with Crippen molar-refractivity contribution in [1.82, 2.24) is 4.57 Å². The van der Waals surface area contributed by atoms with Gasteiger partial charge >= 0.3 is 4.87 Å². The van der Waals surface area contributed by atoms with Gasteiger partial charge in [0, 0.05) is 25.2 Å². The Balaban J connectivity index is 1.51. The fourth-order valence-electron chi connectivity index (χ4n) is 2.91. The average molecular weight is 408 g/mol. The zero-order valence-electron chi connectivity index (χ0n) is 15.3. The van der Waals surface area contributed by atoms with E-state index < -0.39 is 5.91 Å². The maximum Gasteiger partial charge on any atom is 0.309 e. The van der Waals surface area contributed by atoms with Gasteiger partial charge in [-0.15, -0.1) is 0 Å². The highest BCUT2D eigenvalue weighted by molar-refractivity contribution is 7.09. The average Bonchev–Trinajstić information content (AvgIpc) is 2.96. The summed E-state index contributed by atoms with van der Waals surface area (Å²) in [5.74, 6) is -0.639. The van der Waals surface area contributed by atoms with E-state index in [1.165, 1.54) is 17.7 Å². The van der Waals surface area contributed by atoms with Gasteiger partial charge in [-0.2, -0.15) is 0 Å². The number of carbonyl (C=O) groups is 1. The van der Waals surface area contributed by atoms with E-state index in [9.17, 15) is 19.5 Å². The molecule has 146 valence electrons. The molecule has 2 heterocycles. The molecular weight excluding hydrogens is 392 g/mol. The highest BCUT2D eigenvalue weighted by atomic mass is 32.1. The molecule has 7 nitrogen and oxygen atoms in total. The summed E-state index contributed by atoms with van der Waals surface area (Å²) < 4.78 is 6.74. The number of carbonyl (C=O) groups excluding carboxylic acids is 1. The van der Waals surface area contributed by atoms with Gasteiger partial charge in [-0.3, -0.25) is 19.0 Å². The fraction of sp³-hybridized carbons (Fsp3) is 0.0952. The van der Waals surface area contributed by atoms with E-state index >= 15 is 0 Å². The van der Waals surface area contributed by atoms with E-state index in [-0.39, 0.29) is 21.9 Å². The van der Waals surface area contributed by atoms with Crippen LogP contribution in [-0.2, 0) is 13.5 Å². The fourth-order valence-corrected chi connectivity index (χ4v) is 3.81. The Kier molecular flexibility index (Phi) is 4.77. The Labute approximate surface area is 168 Å². The first-order valence-corrected chi connectivity index (χ1v) is 9.55. The monoisotopic (exact) mass is 408 g/mol. The van der Waals surface area contributed by atoms with Crippen molar-refractivity contribution < 1.29 is 14.3 Å². The molecule has 4 aromatic rings. The second kappa shape index (κ2) is 7.40. The number of rotatable bonds is 4. The summed E-state index contributed by atoms with van der Waals surface area (Å²) in [5.41, 5.74) is 1.47. The molecule has 8 heteroatoms. The van der Waals surface area contributed by atoms with E-state index in [1.54, 1.807) is 48.5 Å². The van der Waals surface area contributed by atoms with Crippen molar-refractivity contribution in [2.45, 2.75) is 6.42 Å². The number of thiazole rings is 1. The van der Waals surface area contributed by atoms with Crippen LogP contribution in [0.1, 0.15) is 21.0 Å². The molecule has 0 saturated heterocycles. The lowest BCUT2D eigenvalue weighted by Crippen LogP contribution is -2.14. The summed E-state index contributed by atoms with van der Waals surface area (Å²) in [6.07, 6.45) is 0.403. The van der Waals surface area contributed by atoms with Crippen molar-refractivity contribution in [3.8, 4) is 5.88 Å². The molecule has 29 heavy (non-hydrogen) atoms. The van der Waals surface area contributed by atoms with Crippen molar-refractivity contribution in [1.29, 1.82) is 0 Å². The Bertz CT molecular complexity index is 1330. The van der Waals surface area contributed by atoms with Crippen molar-refractivity contribution in [2.75, 3.05) is 5.32 Å². The van der Waals surface area contributed by atoms with Gasteiger partial charge in [0.25, 0.3) is 5.91 Å². The third kappa shape index (κ3) is 3.70. The quantitative estimate of drug-likeness (QED) is 0.540. The second-order valence-electron chi connectivity index (χ2n) is 6.47. The van der Waals surface area contributed by atoms with Crippen LogP contribution in [-0.4, -0.2) is 15.6 Å². The Morgan fingerprint density at radius 2 is 1.86 bits per heavy atom. The first-order chi connectivity index (χ1) is 13.9. The van der Waals surface area contributed by atoms with Crippen LogP contribution in [0.25, 0.3) is 11.0 Å². The van der Waals surface area contributed by atoms with Gasteiger partial charge in [0.05, 0.1) is 10.3 Å². The number of amides is 1. The van der Waals surface area contributed by atoms with E-state index in [2.05, 4.69) is 5.32 Å². The summed E-state index contributed by atoms with van der Waals surface area (Å²) >= 11 is 0.996. The Morgan fingerprint density at radius 1 is 1.14 bits per heavy atom. The van der Waals surface area contributed by atoms with E-state index in [0.29, 0.717) is 28.0 Å². The highest BCUT2D eigenvalue weighted by Gasteiger charge is 2.14. The van der Waals surface area contributed by atoms with E-state index in [4.69, 9.17) is 4.42 Å². The maximum absolute atomic E-state index is 12.5. The van der Waals surface area contributed by atoms with Crippen LogP contribution >= 0.6 is 11.3 Å². The van der Waals surface area contributed by atoms with Crippen LogP contribution in [0.4, 0.5) is 5.69 Å². The number of nitrogens with one attached hydrogen (secondary N) is 1. The Morgan fingerprint density at radius 3 is 2.55 bits per heavy atom. The van der Waals surface area contributed by atoms with Crippen LogP contribution in [0.3, 0.4) is 0 Å². The SMILES string of the molecule is Cn1c(O)c(Cc2ccc(NC(=O)c3cc(=O)c4ccccc4o3)cc2)sc1=O. The van der Waals surface area contributed by atoms with Crippen LogP contribution in [0.2, 0.25) is 0 Å². The summed E-state index contributed by atoms with van der Waals surface area (Å²) in [7, 11) is 1.52. The van der Waals surface area contributed by atoms with Crippen molar-refractivity contribution in [2.24, 2.45) is 7.05 Å². The van der Waals surface area contributed by atoms with Gasteiger partial charge in [-0.25, -0.2) is 0 Å². The first-order valence-electron chi connectivity index (χ1n) is 8.73. The molecule has 0 fully saturated rings. The molecule has 0 aliphatic heterocycles. The molecule has 0 atom stereocenters. The minimum atomic E-state index is -0.528. The van der Waals surface area contributed by atoms with Crippen molar-refractivity contribution in [3.05, 3.63) is 90.7 Å². The molecule has 1 amide bonds. The van der Waals surface area contributed by atoms with Crippen LogP contribution in [0, 0.1) is 0 Å². The van der Waals surface area contributed by atoms with Gasteiger partial charge < -0.3 is 14.8 Å². The molecular formula is C21H16N2O5S. The number of para-hydroxylation sites is 1. The largest absolute Gasteiger partial charge is 0.494 e. The highest BCUT2D eigenvalue weighted by Crippen LogP contribution is 2.23. The van der Waals surface area contributed by atoms with Crippen LogP contribution in [0.5, 0.6) is 5.88 Å². The number of aromatic nitrogens is 1. The zero-order valence-corrected chi connectivity index (χ0v) is 16.2. The molecule has 2 N–H and O–H groups in total.